The van der Waals surface area contributed by atoms with Crippen LogP contribution in [0, 0.1) is 0 Å². The predicted octanol–water partition coefficient (Wildman–Crippen LogP) is 4.88. The van der Waals surface area contributed by atoms with E-state index in [9.17, 15) is 9.59 Å². The SMILES string of the molecule is O=C(N/N=C/c1ccccc1OCc1ccc(Br)cc1)C(=O)Nc1ccc(Br)cc1. The number of hydrazone groups is 1. The van der Waals surface area contributed by atoms with Crippen LogP contribution in [0.5, 0.6) is 5.75 Å². The topological polar surface area (TPSA) is 79.8 Å². The Morgan fingerprint density at radius 2 is 1.50 bits per heavy atom. The van der Waals surface area contributed by atoms with Gasteiger partial charge in [-0.05, 0) is 54.1 Å². The van der Waals surface area contributed by atoms with Crippen LogP contribution in [-0.4, -0.2) is 18.0 Å². The van der Waals surface area contributed by atoms with E-state index >= 15 is 0 Å². The number of benzene rings is 3. The molecule has 30 heavy (non-hydrogen) atoms. The summed E-state index contributed by atoms with van der Waals surface area (Å²) in [6.07, 6.45) is 1.43. The van der Waals surface area contributed by atoms with Gasteiger partial charge in [-0.15, -0.1) is 0 Å². The average Bonchev–Trinajstić information content (AvgIpc) is 2.75. The fourth-order valence-corrected chi connectivity index (χ4v) is 2.92. The van der Waals surface area contributed by atoms with Crippen molar-refractivity contribution in [2.75, 3.05) is 5.32 Å². The minimum Gasteiger partial charge on any atom is -0.488 e. The van der Waals surface area contributed by atoms with Crippen molar-refractivity contribution < 1.29 is 14.3 Å². The molecule has 2 N–H and O–H groups in total. The van der Waals surface area contributed by atoms with Gasteiger partial charge in [-0.1, -0.05) is 56.1 Å². The Bertz CT molecular complexity index is 1050. The molecule has 0 aliphatic heterocycles. The number of carbonyl (C=O) groups is 2. The number of hydrogen-bond acceptors (Lipinski definition) is 4. The molecule has 0 atom stereocenters. The van der Waals surface area contributed by atoms with Crippen LogP contribution in [0.1, 0.15) is 11.1 Å². The molecule has 0 bridgehead atoms. The van der Waals surface area contributed by atoms with Gasteiger partial charge in [-0.3, -0.25) is 9.59 Å². The normalized spacial score (nSPS) is 10.6. The van der Waals surface area contributed by atoms with Gasteiger partial charge in [0.25, 0.3) is 0 Å². The molecule has 0 aromatic heterocycles. The number of anilines is 1. The fraction of sp³-hybridized carbons (Fsp3) is 0.0455. The van der Waals surface area contributed by atoms with Gasteiger partial charge in [0, 0.05) is 20.2 Å². The van der Waals surface area contributed by atoms with Gasteiger partial charge < -0.3 is 10.1 Å². The molecule has 0 saturated carbocycles. The third kappa shape index (κ3) is 6.53. The van der Waals surface area contributed by atoms with Crippen molar-refractivity contribution in [2.45, 2.75) is 6.61 Å². The molecule has 8 heteroatoms. The zero-order valence-corrected chi connectivity index (χ0v) is 18.8. The second-order valence-corrected chi connectivity index (χ2v) is 7.94. The molecule has 6 nitrogen and oxygen atoms in total. The van der Waals surface area contributed by atoms with Crippen LogP contribution in [0.4, 0.5) is 5.69 Å². The van der Waals surface area contributed by atoms with E-state index in [1.54, 1.807) is 30.3 Å². The minimum absolute atomic E-state index is 0.389. The average molecular weight is 531 g/mol. The first kappa shape index (κ1) is 21.7. The molecule has 0 fully saturated rings. The van der Waals surface area contributed by atoms with E-state index in [1.807, 2.05) is 42.5 Å². The van der Waals surface area contributed by atoms with Crippen LogP contribution >= 0.6 is 31.9 Å². The van der Waals surface area contributed by atoms with E-state index in [-0.39, 0.29) is 0 Å². The third-order valence-corrected chi connectivity index (χ3v) is 4.96. The molecular formula is C22H17Br2N3O3. The first-order valence-electron chi connectivity index (χ1n) is 8.87. The number of nitrogens with one attached hydrogen (secondary N) is 2. The van der Waals surface area contributed by atoms with Gasteiger partial charge in [0.2, 0.25) is 0 Å². The van der Waals surface area contributed by atoms with Crippen molar-refractivity contribution in [3.63, 3.8) is 0 Å². The van der Waals surface area contributed by atoms with Crippen molar-refractivity contribution in [3.8, 4) is 5.75 Å². The van der Waals surface area contributed by atoms with E-state index < -0.39 is 11.8 Å². The largest absolute Gasteiger partial charge is 0.488 e. The van der Waals surface area contributed by atoms with Gasteiger partial charge in [0.15, 0.2) is 0 Å². The number of para-hydroxylation sites is 1. The summed E-state index contributed by atoms with van der Waals surface area (Å²) in [4.78, 5) is 23.9. The molecule has 3 aromatic rings. The van der Waals surface area contributed by atoms with Crippen molar-refractivity contribution >= 4 is 55.6 Å². The highest BCUT2D eigenvalue weighted by Crippen LogP contribution is 2.18. The highest BCUT2D eigenvalue weighted by molar-refractivity contribution is 9.10. The summed E-state index contributed by atoms with van der Waals surface area (Å²) in [6.45, 7) is 0.389. The number of carbonyl (C=O) groups excluding carboxylic acids is 2. The van der Waals surface area contributed by atoms with E-state index in [0.717, 1.165) is 14.5 Å². The molecular weight excluding hydrogens is 514 g/mol. The zero-order valence-electron chi connectivity index (χ0n) is 15.6. The summed E-state index contributed by atoms with van der Waals surface area (Å²) in [6, 6.07) is 22.0. The Balaban J connectivity index is 1.56. The molecule has 2 amide bonds. The molecule has 0 unspecified atom stereocenters. The highest BCUT2D eigenvalue weighted by atomic mass is 79.9. The molecule has 0 saturated heterocycles. The lowest BCUT2D eigenvalue weighted by Gasteiger charge is -2.09. The number of amides is 2. The van der Waals surface area contributed by atoms with E-state index in [0.29, 0.717) is 23.6 Å². The Morgan fingerprint density at radius 3 is 2.20 bits per heavy atom. The van der Waals surface area contributed by atoms with Crippen LogP contribution < -0.4 is 15.5 Å². The van der Waals surface area contributed by atoms with Gasteiger partial charge in [-0.25, -0.2) is 5.43 Å². The highest BCUT2D eigenvalue weighted by Gasteiger charge is 2.12. The molecule has 0 spiro atoms. The molecule has 3 rings (SSSR count). The lowest BCUT2D eigenvalue weighted by atomic mass is 10.2. The summed E-state index contributed by atoms with van der Waals surface area (Å²) in [7, 11) is 0. The number of halogens is 2. The molecule has 152 valence electrons. The first-order valence-corrected chi connectivity index (χ1v) is 10.5. The maximum atomic E-state index is 12.0. The second kappa shape index (κ2) is 10.7. The number of rotatable bonds is 6. The molecule has 0 aliphatic rings. The quantitative estimate of drug-likeness (QED) is 0.271. The second-order valence-electron chi connectivity index (χ2n) is 6.11. The zero-order chi connectivity index (χ0) is 21.3. The van der Waals surface area contributed by atoms with E-state index in [1.165, 1.54) is 6.21 Å². The van der Waals surface area contributed by atoms with Crippen molar-refractivity contribution in [3.05, 3.63) is 92.9 Å². The number of nitrogens with zero attached hydrogens (tertiary/aromatic N) is 1. The molecule has 0 heterocycles. The molecule has 0 aliphatic carbocycles. The standard InChI is InChI=1S/C22H17Br2N3O3/c23-17-7-5-15(6-8-17)14-30-20-4-2-1-3-16(20)13-25-27-22(29)21(28)26-19-11-9-18(24)10-12-19/h1-13H,14H2,(H,26,28)(H,27,29)/b25-13+. The Labute approximate surface area is 190 Å². The summed E-state index contributed by atoms with van der Waals surface area (Å²) in [5.41, 5.74) is 4.41. The van der Waals surface area contributed by atoms with Crippen molar-refractivity contribution in [2.24, 2.45) is 5.10 Å². The summed E-state index contributed by atoms with van der Waals surface area (Å²) in [5.74, 6) is -1.07. The van der Waals surface area contributed by atoms with Gasteiger partial charge in [-0.2, -0.15) is 5.10 Å². The van der Waals surface area contributed by atoms with Crippen LogP contribution in [0.3, 0.4) is 0 Å². The summed E-state index contributed by atoms with van der Waals surface area (Å²) < 4.78 is 7.72. The lowest BCUT2D eigenvalue weighted by Crippen LogP contribution is -2.32. The smallest absolute Gasteiger partial charge is 0.329 e. The van der Waals surface area contributed by atoms with Crippen molar-refractivity contribution in [1.29, 1.82) is 0 Å². The number of ether oxygens (including phenoxy) is 1. The van der Waals surface area contributed by atoms with Crippen LogP contribution in [0.25, 0.3) is 0 Å². The third-order valence-electron chi connectivity index (χ3n) is 3.90. The van der Waals surface area contributed by atoms with Crippen LogP contribution in [0.2, 0.25) is 0 Å². The van der Waals surface area contributed by atoms with Crippen LogP contribution in [-0.2, 0) is 16.2 Å². The van der Waals surface area contributed by atoms with Gasteiger partial charge in [0.05, 0.1) is 6.21 Å². The summed E-state index contributed by atoms with van der Waals surface area (Å²) in [5, 5.41) is 6.36. The maximum Gasteiger partial charge on any atom is 0.329 e. The predicted molar refractivity (Wildman–Crippen MR) is 123 cm³/mol. The fourth-order valence-electron chi connectivity index (χ4n) is 2.39. The summed E-state index contributed by atoms with van der Waals surface area (Å²) >= 11 is 6.71. The van der Waals surface area contributed by atoms with E-state index in [2.05, 4.69) is 47.7 Å². The van der Waals surface area contributed by atoms with Gasteiger partial charge >= 0.3 is 11.8 Å². The molecule has 0 radical (unpaired) electrons. The maximum absolute atomic E-state index is 12.0. The van der Waals surface area contributed by atoms with Gasteiger partial charge in [0.1, 0.15) is 12.4 Å². The number of hydrogen-bond donors (Lipinski definition) is 2. The van der Waals surface area contributed by atoms with Crippen molar-refractivity contribution in [1.82, 2.24) is 5.43 Å². The monoisotopic (exact) mass is 529 g/mol. The Kier molecular flexibility index (Phi) is 7.75. The Morgan fingerprint density at radius 1 is 0.867 bits per heavy atom. The van der Waals surface area contributed by atoms with E-state index in [4.69, 9.17) is 4.74 Å². The molecule has 3 aromatic carbocycles. The Hall–Kier alpha value is -2.97. The van der Waals surface area contributed by atoms with Crippen LogP contribution in [0.15, 0.2) is 86.8 Å². The minimum atomic E-state index is -0.873. The lowest BCUT2D eigenvalue weighted by molar-refractivity contribution is -0.136. The first-order chi connectivity index (χ1) is 14.5.